The largest absolute Gasteiger partial charge is 0.414 e. The topological polar surface area (TPSA) is 9.23 Å². The summed E-state index contributed by atoms with van der Waals surface area (Å²) in [4.78, 5) is 0. The maximum atomic E-state index is 15.7. The van der Waals surface area contributed by atoms with Gasteiger partial charge in [-0.3, -0.25) is 0 Å². The lowest BCUT2D eigenvalue weighted by Crippen LogP contribution is -2.35. The normalized spacial score (nSPS) is 14.1. The van der Waals surface area contributed by atoms with Crippen molar-refractivity contribution in [2.75, 3.05) is 0 Å². The molecule has 0 saturated carbocycles. The van der Waals surface area contributed by atoms with Gasteiger partial charge in [0.05, 0.1) is 21.9 Å². The number of fused-ring (bicyclic) bond motifs is 2. The maximum absolute atomic E-state index is 15.7. The number of hydrogen-bond donors (Lipinski definition) is 0. The van der Waals surface area contributed by atoms with Crippen LogP contribution in [-0.4, -0.2) is 12.2 Å². The van der Waals surface area contributed by atoms with Crippen molar-refractivity contribution in [3.05, 3.63) is 151 Å². The lowest BCUT2D eigenvalue weighted by molar-refractivity contribution is -0.352. The third kappa shape index (κ3) is 8.21. The van der Waals surface area contributed by atoms with E-state index < -0.39 is 196 Å². The highest BCUT2D eigenvalue weighted by Gasteiger charge is 2.55. The van der Waals surface area contributed by atoms with Crippen LogP contribution < -0.4 is 0 Å². The fourth-order valence-electron chi connectivity index (χ4n) is 5.22. The van der Waals surface area contributed by atoms with Crippen molar-refractivity contribution < 1.29 is 136 Å². The van der Waals surface area contributed by atoms with Gasteiger partial charge in [-0.25, -0.2) is 92.5 Å². The van der Waals surface area contributed by atoms with E-state index in [4.69, 9.17) is 0 Å². The molecular formula is C34F30O. The first-order chi connectivity index (χ1) is 29.6. The highest BCUT2D eigenvalue weighted by atomic mass is 19.3. The molecule has 31 heteroatoms. The fourth-order valence-corrected chi connectivity index (χ4v) is 5.22. The van der Waals surface area contributed by atoms with Crippen LogP contribution in [0.1, 0.15) is 11.1 Å². The standard InChI is InChI=1S/C34F30O/c35-9-1-3(11(37)19(45)13(39)5(1)15(41)23(49)21(9)47)7(17(43)25(51)27(53)31(57)58)29(55)33(61,62)65-34(63,64)30(56)8(18(44)26(52)28(54)32(59)60)4-2-6(14(40)20(46)12(4)38)16(42)24(50)22(48)10(2)36. The molecular weight excluding hydrogens is 994 g/mol. The Morgan fingerprint density at radius 3 is 0.708 bits per heavy atom. The maximum Gasteiger partial charge on any atom is 0.414 e. The minimum atomic E-state index is -7.69. The summed E-state index contributed by atoms with van der Waals surface area (Å²) in [5.41, 5.74) is -15.8. The molecule has 4 aromatic carbocycles. The third-order valence-corrected chi connectivity index (χ3v) is 7.93. The van der Waals surface area contributed by atoms with E-state index in [1.54, 1.807) is 0 Å². The number of rotatable bonds is 10. The van der Waals surface area contributed by atoms with Crippen LogP contribution in [0.5, 0.6) is 0 Å². The summed E-state index contributed by atoms with van der Waals surface area (Å²) in [5.74, 6) is -85.0. The van der Waals surface area contributed by atoms with Gasteiger partial charge in [-0.15, -0.1) is 0 Å². The van der Waals surface area contributed by atoms with Crippen LogP contribution in [0.3, 0.4) is 0 Å². The Morgan fingerprint density at radius 1 is 0.262 bits per heavy atom. The first kappa shape index (κ1) is 51.3. The van der Waals surface area contributed by atoms with Gasteiger partial charge in [-0.2, -0.15) is 43.9 Å². The van der Waals surface area contributed by atoms with Crippen molar-refractivity contribution in [3.8, 4) is 0 Å². The molecule has 0 unspecified atom stereocenters. The van der Waals surface area contributed by atoms with Crippen LogP contribution in [0.4, 0.5) is 132 Å². The minimum absolute atomic E-state index is 2.19. The van der Waals surface area contributed by atoms with Gasteiger partial charge in [-0.1, -0.05) is 0 Å². The molecule has 0 saturated heterocycles. The molecule has 0 amide bonds. The molecule has 1 nitrogen and oxygen atoms in total. The predicted octanol–water partition coefficient (Wildman–Crippen LogP) is 15.7. The number of hydrogen-bond acceptors (Lipinski definition) is 1. The summed E-state index contributed by atoms with van der Waals surface area (Å²) < 4.78 is 436. The summed E-state index contributed by atoms with van der Waals surface area (Å²) >= 11 is 0. The molecule has 4 rings (SSSR count). The van der Waals surface area contributed by atoms with Gasteiger partial charge in [0.2, 0.25) is 35.0 Å². The molecule has 0 atom stereocenters. The lowest BCUT2D eigenvalue weighted by atomic mass is 9.93. The molecule has 0 N–H and O–H groups in total. The Bertz CT molecular complexity index is 2730. The number of ether oxygens (including phenoxy) is 1. The second-order valence-electron chi connectivity index (χ2n) is 11.6. The van der Waals surface area contributed by atoms with E-state index in [0.717, 1.165) is 0 Å². The summed E-state index contributed by atoms with van der Waals surface area (Å²) in [7, 11) is 0. The van der Waals surface area contributed by atoms with Crippen molar-refractivity contribution in [1.82, 2.24) is 0 Å². The van der Waals surface area contributed by atoms with Crippen LogP contribution in [-0.2, 0) is 4.74 Å². The molecule has 0 aliphatic rings. The molecule has 0 heterocycles. The second-order valence-corrected chi connectivity index (χ2v) is 11.6. The molecule has 4 aromatic rings. The van der Waals surface area contributed by atoms with Crippen LogP contribution in [0.2, 0.25) is 0 Å². The third-order valence-electron chi connectivity index (χ3n) is 7.93. The van der Waals surface area contributed by atoms with Gasteiger partial charge in [0, 0.05) is 21.9 Å². The number of halogens is 30. The number of allylic oxidation sites excluding steroid dienone is 8. The number of benzene rings is 4. The van der Waals surface area contributed by atoms with E-state index in [-0.39, 0.29) is 0 Å². The molecule has 0 radical (unpaired) electrons. The minimum Gasteiger partial charge on any atom is -0.243 e. The number of alkyl halides is 4. The van der Waals surface area contributed by atoms with Crippen LogP contribution in [0.25, 0.3) is 32.7 Å². The smallest absolute Gasteiger partial charge is 0.243 e. The average molecular weight is 994 g/mol. The molecule has 0 spiro atoms. The van der Waals surface area contributed by atoms with Crippen molar-refractivity contribution in [1.29, 1.82) is 0 Å². The highest BCUT2D eigenvalue weighted by Crippen LogP contribution is 2.51. The zero-order chi connectivity index (χ0) is 50.2. The van der Waals surface area contributed by atoms with E-state index in [9.17, 15) is 87.8 Å². The van der Waals surface area contributed by atoms with Crippen molar-refractivity contribution in [2.45, 2.75) is 12.2 Å². The van der Waals surface area contributed by atoms with Crippen molar-refractivity contribution in [2.24, 2.45) is 0 Å². The van der Waals surface area contributed by atoms with E-state index in [1.165, 1.54) is 0 Å². The van der Waals surface area contributed by atoms with Crippen LogP contribution >= 0.6 is 0 Å². The summed E-state index contributed by atoms with van der Waals surface area (Å²) in [5, 5.41) is -12.6. The predicted molar refractivity (Wildman–Crippen MR) is 154 cm³/mol. The van der Waals surface area contributed by atoms with Gasteiger partial charge in [0.15, 0.2) is 93.1 Å². The first-order valence-corrected chi connectivity index (χ1v) is 15.1. The van der Waals surface area contributed by atoms with Gasteiger partial charge < -0.3 is 0 Å². The lowest BCUT2D eigenvalue weighted by Gasteiger charge is -2.25. The molecule has 65 heavy (non-hydrogen) atoms. The van der Waals surface area contributed by atoms with Crippen LogP contribution in [0, 0.1) is 81.4 Å². The Morgan fingerprint density at radius 2 is 0.477 bits per heavy atom. The molecule has 0 aliphatic heterocycles. The monoisotopic (exact) mass is 994 g/mol. The van der Waals surface area contributed by atoms with E-state index in [1.807, 2.05) is 0 Å². The van der Waals surface area contributed by atoms with Gasteiger partial charge in [0.25, 0.3) is 0 Å². The fraction of sp³-hybridized carbons (Fsp3) is 0.0588. The Hall–Kier alpha value is -6.30. The molecule has 352 valence electrons. The zero-order valence-electron chi connectivity index (χ0n) is 28.7. The zero-order valence-corrected chi connectivity index (χ0v) is 28.7. The summed E-state index contributed by atoms with van der Waals surface area (Å²) in [6, 6.07) is 0. The molecule has 0 fully saturated rings. The van der Waals surface area contributed by atoms with Crippen LogP contribution in [0.15, 0.2) is 58.8 Å². The van der Waals surface area contributed by atoms with Crippen molar-refractivity contribution in [3.63, 3.8) is 0 Å². The summed E-state index contributed by atoms with van der Waals surface area (Å²) in [6.45, 7) is 0. The quantitative estimate of drug-likeness (QED) is 0.0666. The Balaban J connectivity index is 2.31. The average Bonchev–Trinajstić information content (AvgIpc) is 3.23. The van der Waals surface area contributed by atoms with Gasteiger partial charge in [-0.05, 0) is 0 Å². The summed E-state index contributed by atoms with van der Waals surface area (Å²) in [6.07, 6.45) is -23.8. The second kappa shape index (κ2) is 17.6. The first-order valence-electron chi connectivity index (χ1n) is 15.1. The van der Waals surface area contributed by atoms with Gasteiger partial charge >= 0.3 is 24.4 Å². The Kier molecular flexibility index (Phi) is 13.9. The van der Waals surface area contributed by atoms with E-state index in [2.05, 4.69) is 4.74 Å². The van der Waals surface area contributed by atoms with E-state index in [0.29, 0.717) is 0 Å². The van der Waals surface area contributed by atoms with E-state index >= 15 is 43.9 Å². The SMILES string of the molecule is FC(F)=C(F)C(F)=C(F)C(=C(F)C(F)(F)OC(F)(F)C(F)=C(C(F)=C(F)C(F)=C(F)F)c1c(F)c(F)c(F)c2c(F)c(F)c(F)c(F)c12)c1c(F)c(F)c(F)c2c(F)c(F)c(F)c(F)c12. The molecule has 0 aliphatic carbocycles. The molecule has 0 aromatic heterocycles. The van der Waals surface area contributed by atoms with Gasteiger partial charge in [0.1, 0.15) is 0 Å². The Labute approximate surface area is 333 Å². The van der Waals surface area contributed by atoms with Crippen molar-refractivity contribution >= 4 is 32.7 Å². The molecule has 0 bridgehead atoms. The highest BCUT2D eigenvalue weighted by molar-refractivity contribution is 6.01.